The molecule has 7 nitrogen and oxygen atoms in total. The van der Waals surface area contributed by atoms with Gasteiger partial charge in [-0.3, -0.25) is 10.1 Å². The Morgan fingerprint density at radius 3 is 2.19 bits per heavy atom. The summed E-state index contributed by atoms with van der Waals surface area (Å²) in [6.45, 7) is 10.00. The van der Waals surface area contributed by atoms with Crippen LogP contribution in [-0.2, 0) is 4.74 Å². The van der Waals surface area contributed by atoms with Gasteiger partial charge in [0.05, 0.1) is 5.71 Å². The van der Waals surface area contributed by atoms with Crippen LogP contribution in [0.25, 0.3) is 0 Å². The Hall–Kier alpha value is -1.66. The summed E-state index contributed by atoms with van der Waals surface area (Å²) in [5, 5.41) is 18.0. The van der Waals surface area contributed by atoms with E-state index in [9.17, 15) is 14.9 Å². The van der Waals surface area contributed by atoms with Crippen LogP contribution in [0, 0.1) is 21.4 Å². The Morgan fingerprint density at radius 1 is 1.33 bits per heavy atom. The van der Waals surface area contributed by atoms with Crippen molar-refractivity contribution in [3.05, 3.63) is 10.1 Å². The molecule has 0 aromatic heterocycles. The van der Waals surface area contributed by atoms with Gasteiger partial charge in [-0.15, -0.1) is 0 Å². The van der Waals surface area contributed by atoms with Crippen LogP contribution in [0.15, 0.2) is 0 Å². The number of likely N-dealkylation sites (tertiary alicyclic amines) is 1. The average Bonchev–Trinajstić information content (AvgIpc) is 2.38. The molecule has 0 radical (unpaired) electrons. The second-order valence-corrected chi connectivity index (χ2v) is 5.76. The van der Waals surface area contributed by atoms with Gasteiger partial charge in [0.1, 0.15) is 5.60 Å². The van der Waals surface area contributed by atoms with Crippen LogP contribution >= 0.6 is 0 Å². The minimum atomic E-state index is -0.522. The minimum absolute atomic E-state index is 0.0934. The van der Waals surface area contributed by atoms with E-state index in [0.29, 0.717) is 25.9 Å². The Labute approximate surface area is 126 Å². The molecule has 0 aliphatic carbocycles. The molecule has 1 heterocycles. The van der Waals surface area contributed by atoms with Crippen molar-refractivity contribution in [2.24, 2.45) is 5.92 Å². The Kier molecular flexibility index (Phi) is 7.91. The van der Waals surface area contributed by atoms with Crippen molar-refractivity contribution < 1.29 is 14.5 Å². The van der Waals surface area contributed by atoms with Gasteiger partial charge < -0.3 is 15.0 Å². The zero-order valence-electron chi connectivity index (χ0n) is 13.6. The molecule has 1 fully saturated rings. The van der Waals surface area contributed by atoms with Gasteiger partial charge in [-0.2, -0.15) is 0 Å². The molecule has 0 saturated carbocycles. The van der Waals surface area contributed by atoms with Gasteiger partial charge in [-0.05, 0) is 33.6 Å². The second-order valence-electron chi connectivity index (χ2n) is 5.76. The van der Waals surface area contributed by atoms with Crippen molar-refractivity contribution in [2.45, 2.75) is 53.1 Å². The molecule has 7 heteroatoms. The van der Waals surface area contributed by atoms with Gasteiger partial charge >= 0.3 is 6.09 Å². The summed E-state index contributed by atoms with van der Waals surface area (Å²) in [6, 6.07) is 0. The molecule has 1 N–H and O–H groups in total. The number of piperidine rings is 1. The van der Waals surface area contributed by atoms with Crippen molar-refractivity contribution in [2.75, 3.05) is 19.6 Å². The predicted molar refractivity (Wildman–Crippen MR) is 81.5 cm³/mol. The Balaban J connectivity index is 0.00000191. The lowest BCUT2D eigenvalue weighted by Crippen LogP contribution is -2.43. The van der Waals surface area contributed by atoms with Gasteiger partial charge in [0.25, 0.3) is 0 Å². The quantitative estimate of drug-likeness (QED) is 0.492. The molecule has 1 rings (SSSR count). The number of rotatable bonds is 3. The number of amides is 1. The SMILES string of the molecule is CC.CC(C)(C)OC(=O)N1CCC(C(=N)C[N+](=O)[O-])CC1. The summed E-state index contributed by atoms with van der Waals surface area (Å²) in [5.74, 6) is -0.0934. The smallest absolute Gasteiger partial charge is 0.410 e. The maximum Gasteiger partial charge on any atom is 0.410 e. The third-order valence-corrected chi connectivity index (χ3v) is 2.94. The lowest BCUT2D eigenvalue weighted by Gasteiger charge is -2.33. The van der Waals surface area contributed by atoms with Crippen LogP contribution in [0.1, 0.15) is 47.5 Å². The molecule has 122 valence electrons. The number of nitro groups is 1. The zero-order chi connectivity index (χ0) is 16.6. The van der Waals surface area contributed by atoms with Crippen molar-refractivity contribution in [3.8, 4) is 0 Å². The van der Waals surface area contributed by atoms with E-state index >= 15 is 0 Å². The van der Waals surface area contributed by atoms with Gasteiger partial charge in [0.2, 0.25) is 6.54 Å². The molecule has 0 aromatic carbocycles. The van der Waals surface area contributed by atoms with E-state index in [4.69, 9.17) is 10.1 Å². The summed E-state index contributed by atoms with van der Waals surface area (Å²) in [7, 11) is 0. The van der Waals surface area contributed by atoms with Crippen LogP contribution in [0.5, 0.6) is 0 Å². The summed E-state index contributed by atoms with van der Waals surface area (Å²) >= 11 is 0. The van der Waals surface area contributed by atoms with Crippen molar-refractivity contribution in [3.63, 3.8) is 0 Å². The van der Waals surface area contributed by atoms with Crippen molar-refractivity contribution >= 4 is 11.8 Å². The van der Waals surface area contributed by atoms with Crippen LogP contribution < -0.4 is 0 Å². The molecule has 0 bridgehead atoms. The molecule has 21 heavy (non-hydrogen) atoms. The lowest BCUT2D eigenvalue weighted by atomic mass is 9.92. The third kappa shape index (κ3) is 7.63. The standard InChI is InChI=1S/C12H21N3O4.C2H6/c1-12(2,3)19-11(16)14-6-4-9(5-7-14)10(13)8-15(17)18;1-2/h9,13H,4-8H2,1-3H3;1-2H3. The van der Waals surface area contributed by atoms with Crippen LogP contribution in [-0.4, -0.2) is 46.9 Å². The van der Waals surface area contributed by atoms with Crippen molar-refractivity contribution in [1.29, 1.82) is 5.41 Å². The van der Waals surface area contributed by atoms with Crippen LogP contribution in [0.3, 0.4) is 0 Å². The number of nitrogens with one attached hydrogen (secondary N) is 1. The molecule has 1 saturated heterocycles. The first-order valence-electron chi connectivity index (χ1n) is 7.36. The fourth-order valence-electron chi connectivity index (χ4n) is 2.01. The van der Waals surface area contributed by atoms with Gasteiger partial charge in [0, 0.05) is 23.9 Å². The van der Waals surface area contributed by atoms with E-state index in [0.717, 1.165) is 0 Å². The van der Waals surface area contributed by atoms with E-state index in [2.05, 4.69) is 0 Å². The van der Waals surface area contributed by atoms with Gasteiger partial charge in [-0.1, -0.05) is 13.8 Å². The van der Waals surface area contributed by atoms with E-state index in [-0.39, 0.29) is 17.7 Å². The monoisotopic (exact) mass is 301 g/mol. The normalized spacial score (nSPS) is 15.8. The third-order valence-electron chi connectivity index (χ3n) is 2.94. The molecule has 0 aromatic rings. The maximum absolute atomic E-state index is 11.8. The highest BCUT2D eigenvalue weighted by molar-refractivity contribution is 5.85. The number of nitrogens with zero attached hydrogens (tertiary/aromatic N) is 2. The first-order valence-corrected chi connectivity index (χ1v) is 7.36. The first-order chi connectivity index (χ1) is 9.69. The fourth-order valence-corrected chi connectivity index (χ4v) is 2.01. The zero-order valence-corrected chi connectivity index (χ0v) is 13.6. The molecule has 1 aliphatic heterocycles. The summed E-state index contributed by atoms with van der Waals surface area (Å²) in [6.07, 6.45) is 0.824. The molecular weight excluding hydrogens is 274 g/mol. The average molecular weight is 301 g/mol. The molecule has 0 unspecified atom stereocenters. The lowest BCUT2D eigenvalue weighted by molar-refractivity contribution is -0.463. The maximum atomic E-state index is 11.8. The highest BCUT2D eigenvalue weighted by Crippen LogP contribution is 2.20. The van der Waals surface area contributed by atoms with Crippen molar-refractivity contribution in [1.82, 2.24) is 4.90 Å². The molecule has 0 spiro atoms. The van der Waals surface area contributed by atoms with E-state index in [1.54, 1.807) is 4.90 Å². The summed E-state index contributed by atoms with van der Waals surface area (Å²) < 4.78 is 5.26. The minimum Gasteiger partial charge on any atom is -0.444 e. The van der Waals surface area contributed by atoms with Crippen LogP contribution in [0.2, 0.25) is 0 Å². The molecular formula is C14H27N3O4. The number of carbonyl (C=O) groups excluding carboxylic acids is 1. The van der Waals surface area contributed by atoms with Crippen LogP contribution in [0.4, 0.5) is 4.79 Å². The Bertz CT molecular complexity index is 369. The number of ether oxygens (including phenoxy) is 1. The highest BCUT2D eigenvalue weighted by Gasteiger charge is 2.29. The van der Waals surface area contributed by atoms with E-state index < -0.39 is 17.1 Å². The number of hydrogen-bond acceptors (Lipinski definition) is 5. The number of carbonyl (C=O) groups is 1. The van der Waals surface area contributed by atoms with Gasteiger partial charge in [0.15, 0.2) is 0 Å². The topological polar surface area (TPSA) is 96.5 Å². The van der Waals surface area contributed by atoms with E-state index in [1.807, 2.05) is 34.6 Å². The predicted octanol–water partition coefficient (Wildman–Crippen LogP) is 2.96. The second kappa shape index (κ2) is 8.59. The molecule has 1 aliphatic rings. The highest BCUT2D eigenvalue weighted by atomic mass is 16.6. The molecule has 1 amide bonds. The van der Waals surface area contributed by atoms with Gasteiger partial charge in [-0.25, -0.2) is 4.79 Å². The fraction of sp³-hybridized carbons (Fsp3) is 0.857. The summed E-state index contributed by atoms with van der Waals surface area (Å²) in [5.41, 5.74) is -0.374. The largest absolute Gasteiger partial charge is 0.444 e. The first kappa shape index (κ1) is 19.3. The number of hydrogen-bond donors (Lipinski definition) is 1. The van der Waals surface area contributed by atoms with E-state index in [1.165, 1.54) is 0 Å². The Morgan fingerprint density at radius 2 is 1.81 bits per heavy atom. The molecule has 0 atom stereocenters. The summed E-state index contributed by atoms with van der Waals surface area (Å²) in [4.78, 5) is 23.3.